The lowest BCUT2D eigenvalue weighted by Crippen LogP contribution is -2.33. The maximum Gasteiger partial charge on any atom is 0.407 e. The lowest BCUT2D eigenvalue weighted by atomic mass is 10.1. The second-order valence-corrected chi connectivity index (χ2v) is 6.97. The number of thioether (sulfide) groups is 1. The van der Waals surface area contributed by atoms with Crippen molar-refractivity contribution in [3.63, 3.8) is 0 Å². The molecule has 0 heterocycles. The summed E-state index contributed by atoms with van der Waals surface area (Å²) in [5.74, 6) is 0.887. The Balaban J connectivity index is 2.60. The van der Waals surface area contributed by atoms with Gasteiger partial charge in [0.1, 0.15) is 5.60 Å². The van der Waals surface area contributed by atoms with Crippen molar-refractivity contribution in [2.24, 2.45) is 10.7 Å². The molecule has 1 amide bonds. The molecule has 0 aliphatic heterocycles. The monoisotopic (exact) mass is 323 g/mol. The van der Waals surface area contributed by atoms with Gasteiger partial charge in [-0.05, 0) is 44.6 Å². The van der Waals surface area contributed by atoms with Crippen LogP contribution in [-0.2, 0) is 11.2 Å². The van der Waals surface area contributed by atoms with Crippen molar-refractivity contribution in [2.45, 2.75) is 39.7 Å². The highest BCUT2D eigenvalue weighted by atomic mass is 32.2. The SMILES string of the molecule is CCSC(N)=Nc1ccccc1CCNC(=O)OC(C)(C)C. The molecule has 1 rings (SSSR count). The van der Waals surface area contributed by atoms with Gasteiger partial charge in [-0.15, -0.1) is 0 Å². The molecule has 0 fully saturated rings. The molecular weight excluding hydrogens is 298 g/mol. The van der Waals surface area contributed by atoms with E-state index in [-0.39, 0.29) is 0 Å². The molecule has 0 aromatic heterocycles. The molecule has 122 valence electrons. The van der Waals surface area contributed by atoms with E-state index in [2.05, 4.69) is 10.3 Å². The number of ether oxygens (including phenoxy) is 1. The Labute approximate surface area is 136 Å². The summed E-state index contributed by atoms with van der Waals surface area (Å²) in [6, 6.07) is 7.78. The number of nitrogens with zero attached hydrogens (tertiary/aromatic N) is 1. The zero-order chi connectivity index (χ0) is 16.6. The molecule has 0 unspecified atom stereocenters. The molecule has 3 N–H and O–H groups in total. The largest absolute Gasteiger partial charge is 0.444 e. The van der Waals surface area contributed by atoms with Gasteiger partial charge >= 0.3 is 6.09 Å². The van der Waals surface area contributed by atoms with Gasteiger partial charge in [0.15, 0.2) is 5.17 Å². The van der Waals surface area contributed by atoms with Crippen molar-refractivity contribution in [1.82, 2.24) is 5.32 Å². The lowest BCUT2D eigenvalue weighted by Gasteiger charge is -2.19. The third-order valence-electron chi connectivity index (χ3n) is 2.58. The summed E-state index contributed by atoms with van der Waals surface area (Å²) < 4.78 is 5.20. The average molecular weight is 323 g/mol. The summed E-state index contributed by atoms with van der Waals surface area (Å²) in [5, 5.41) is 3.30. The number of aliphatic imine (C=N–C) groups is 1. The number of para-hydroxylation sites is 1. The van der Waals surface area contributed by atoms with Crippen molar-refractivity contribution in [1.29, 1.82) is 0 Å². The van der Waals surface area contributed by atoms with Crippen LogP contribution in [0.1, 0.15) is 33.3 Å². The molecule has 1 aromatic rings. The van der Waals surface area contributed by atoms with Crippen LogP contribution in [0.25, 0.3) is 0 Å². The average Bonchev–Trinajstić information content (AvgIpc) is 2.39. The summed E-state index contributed by atoms with van der Waals surface area (Å²) in [7, 11) is 0. The topological polar surface area (TPSA) is 76.7 Å². The van der Waals surface area contributed by atoms with Crippen LogP contribution in [0.2, 0.25) is 0 Å². The number of amidine groups is 1. The number of hydrogen-bond acceptors (Lipinski definition) is 4. The van der Waals surface area contributed by atoms with Crippen molar-refractivity contribution in [2.75, 3.05) is 12.3 Å². The van der Waals surface area contributed by atoms with E-state index in [4.69, 9.17) is 10.5 Å². The predicted octanol–water partition coefficient (Wildman–Crippen LogP) is 3.45. The van der Waals surface area contributed by atoms with Crippen LogP contribution in [-0.4, -0.2) is 29.2 Å². The van der Waals surface area contributed by atoms with E-state index in [9.17, 15) is 4.79 Å². The molecule has 0 bridgehead atoms. The van der Waals surface area contributed by atoms with Gasteiger partial charge in [-0.3, -0.25) is 0 Å². The highest BCUT2D eigenvalue weighted by Gasteiger charge is 2.15. The maximum absolute atomic E-state index is 11.6. The van der Waals surface area contributed by atoms with Gasteiger partial charge in [0.05, 0.1) is 5.69 Å². The third kappa shape index (κ3) is 7.36. The van der Waals surface area contributed by atoms with Gasteiger partial charge in [-0.25, -0.2) is 9.79 Å². The van der Waals surface area contributed by atoms with Crippen LogP contribution < -0.4 is 11.1 Å². The van der Waals surface area contributed by atoms with E-state index in [0.717, 1.165) is 17.0 Å². The van der Waals surface area contributed by atoms with Crippen molar-refractivity contribution >= 4 is 28.7 Å². The first kappa shape index (κ1) is 18.4. The smallest absolute Gasteiger partial charge is 0.407 e. The van der Waals surface area contributed by atoms with E-state index in [1.807, 2.05) is 52.0 Å². The molecule has 0 spiro atoms. The molecule has 0 saturated carbocycles. The number of alkyl carbamates (subject to hydrolysis) is 1. The van der Waals surface area contributed by atoms with E-state index < -0.39 is 11.7 Å². The van der Waals surface area contributed by atoms with E-state index >= 15 is 0 Å². The van der Waals surface area contributed by atoms with Crippen LogP contribution in [0.15, 0.2) is 29.3 Å². The third-order valence-corrected chi connectivity index (χ3v) is 3.25. The van der Waals surface area contributed by atoms with E-state index in [0.29, 0.717) is 18.1 Å². The number of carbonyl (C=O) groups is 1. The summed E-state index contributed by atoms with van der Waals surface area (Å²) in [5.41, 5.74) is 7.25. The van der Waals surface area contributed by atoms with Crippen LogP contribution >= 0.6 is 11.8 Å². The fourth-order valence-corrected chi connectivity index (χ4v) is 2.20. The fourth-order valence-electron chi connectivity index (χ4n) is 1.74. The molecule has 6 heteroatoms. The number of nitrogens with one attached hydrogen (secondary N) is 1. The molecular formula is C16H25N3O2S. The quantitative estimate of drug-likeness (QED) is 0.643. The van der Waals surface area contributed by atoms with E-state index in [1.54, 1.807) is 0 Å². The Bertz CT molecular complexity index is 524. The normalized spacial score (nSPS) is 12.1. The van der Waals surface area contributed by atoms with Gasteiger partial charge in [-0.1, -0.05) is 36.9 Å². The molecule has 1 aromatic carbocycles. The van der Waals surface area contributed by atoms with E-state index in [1.165, 1.54) is 11.8 Å². The number of rotatable bonds is 5. The zero-order valence-corrected chi connectivity index (χ0v) is 14.5. The minimum Gasteiger partial charge on any atom is -0.444 e. The number of benzene rings is 1. The lowest BCUT2D eigenvalue weighted by molar-refractivity contribution is 0.0528. The minimum atomic E-state index is -0.488. The molecule has 0 atom stereocenters. The number of carbonyl (C=O) groups excluding carboxylic acids is 1. The second kappa shape index (κ2) is 8.68. The van der Waals surface area contributed by atoms with Gasteiger partial charge < -0.3 is 15.8 Å². The summed E-state index contributed by atoms with van der Waals surface area (Å²) in [4.78, 5) is 16.0. The molecule has 0 aliphatic rings. The molecule has 0 saturated heterocycles. The highest BCUT2D eigenvalue weighted by Crippen LogP contribution is 2.20. The highest BCUT2D eigenvalue weighted by molar-refractivity contribution is 8.13. The van der Waals surface area contributed by atoms with Gasteiger partial charge in [0.2, 0.25) is 0 Å². The summed E-state index contributed by atoms with van der Waals surface area (Å²) in [6.07, 6.45) is 0.262. The van der Waals surface area contributed by atoms with Crippen molar-refractivity contribution in [3.05, 3.63) is 29.8 Å². The minimum absolute atomic E-state index is 0.408. The van der Waals surface area contributed by atoms with Gasteiger partial charge in [-0.2, -0.15) is 0 Å². The van der Waals surface area contributed by atoms with Crippen LogP contribution in [0, 0.1) is 0 Å². The number of amides is 1. The molecule has 22 heavy (non-hydrogen) atoms. The van der Waals surface area contributed by atoms with Crippen LogP contribution in [0.5, 0.6) is 0 Å². The number of hydrogen-bond donors (Lipinski definition) is 2. The first-order valence-electron chi connectivity index (χ1n) is 7.33. The van der Waals surface area contributed by atoms with Gasteiger partial charge in [0.25, 0.3) is 0 Å². The molecule has 0 radical (unpaired) electrons. The van der Waals surface area contributed by atoms with Crippen molar-refractivity contribution in [3.8, 4) is 0 Å². The first-order chi connectivity index (χ1) is 10.3. The second-order valence-electron chi connectivity index (χ2n) is 5.69. The summed E-state index contributed by atoms with van der Waals surface area (Å²) in [6.45, 7) is 8.03. The molecule has 0 aliphatic carbocycles. The van der Waals surface area contributed by atoms with Crippen LogP contribution in [0.4, 0.5) is 10.5 Å². The van der Waals surface area contributed by atoms with Gasteiger partial charge in [0, 0.05) is 6.54 Å². The van der Waals surface area contributed by atoms with Crippen LogP contribution in [0.3, 0.4) is 0 Å². The molecule has 5 nitrogen and oxygen atoms in total. The first-order valence-corrected chi connectivity index (χ1v) is 8.32. The summed E-state index contributed by atoms with van der Waals surface area (Å²) >= 11 is 1.51. The Hall–Kier alpha value is -1.69. The fraction of sp³-hybridized carbons (Fsp3) is 0.500. The predicted molar refractivity (Wildman–Crippen MR) is 93.8 cm³/mol. The standard InChI is InChI=1S/C16H25N3O2S/c1-5-22-14(17)19-13-9-7-6-8-12(13)10-11-18-15(20)21-16(2,3)4/h6-9H,5,10-11H2,1-4H3,(H2,17,19)(H,18,20). The Kier molecular flexibility index (Phi) is 7.24. The Morgan fingerprint density at radius 1 is 1.36 bits per heavy atom. The number of nitrogens with two attached hydrogens (primary N) is 1. The maximum atomic E-state index is 11.6. The van der Waals surface area contributed by atoms with Crippen molar-refractivity contribution < 1.29 is 9.53 Å². The Morgan fingerprint density at radius 3 is 2.68 bits per heavy atom. The zero-order valence-electron chi connectivity index (χ0n) is 13.7. The Morgan fingerprint density at radius 2 is 2.05 bits per heavy atom.